The van der Waals surface area contributed by atoms with E-state index in [1.807, 2.05) is 6.92 Å². The van der Waals surface area contributed by atoms with Gasteiger partial charge in [-0.25, -0.2) is 4.39 Å². The molecular formula is C11H12FN3O. The molecule has 0 saturated heterocycles. The summed E-state index contributed by atoms with van der Waals surface area (Å²) in [6, 6.07) is 6.45. The van der Waals surface area contributed by atoms with Crippen LogP contribution < -0.4 is 5.32 Å². The minimum Gasteiger partial charge on any atom is -0.338 e. The molecule has 4 nitrogen and oxygen atoms in total. The molecule has 16 heavy (non-hydrogen) atoms. The molecule has 0 aliphatic rings. The molecule has 0 fully saturated rings. The van der Waals surface area contributed by atoms with Gasteiger partial charge in [0.15, 0.2) is 0 Å². The van der Waals surface area contributed by atoms with Crippen molar-refractivity contribution in [3.05, 3.63) is 30.1 Å². The molecule has 0 bridgehead atoms. The van der Waals surface area contributed by atoms with Crippen molar-refractivity contribution in [1.82, 2.24) is 10.1 Å². The van der Waals surface area contributed by atoms with Gasteiger partial charge in [-0.15, -0.1) is 0 Å². The third kappa shape index (κ3) is 2.36. The Kier molecular flexibility index (Phi) is 3.14. The van der Waals surface area contributed by atoms with E-state index in [4.69, 9.17) is 4.52 Å². The second kappa shape index (κ2) is 4.74. The lowest BCUT2D eigenvalue weighted by molar-refractivity contribution is 0.432. The zero-order valence-corrected chi connectivity index (χ0v) is 8.90. The van der Waals surface area contributed by atoms with Crippen LogP contribution in [-0.2, 0) is 0 Å². The van der Waals surface area contributed by atoms with Gasteiger partial charge in [0.1, 0.15) is 5.82 Å². The molecule has 1 aromatic carbocycles. The molecule has 1 aromatic heterocycles. The minimum atomic E-state index is -0.314. The number of halogens is 1. The second-order valence-corrected chi connectivity index (χ2v) is 3.36. The lowest BCUT2D eigenvalue weighted by Gasteiger charge is -1.94. The van der Waals surface area contributed by atoms with Gasteiger partial charge in [-0.1, -0.05) is 24.2 Å². The summed E-state index contributed by atoms with van der Waals surface area (Å²) in [4.78, 5) is 4.10. The molecule has 0 atom stereocenters. The van der Waals surface area contributed by atoms with Crippen LogP contribution in [0.15, 0.2) is 28.8 Å². The highest BCUT2D eigenvalue weighted by Gasteiger charge is 2.08. The molecule has 2 aromatic rings. The lowest BCUT2D eigenvalue weighted by Crippen LogP contribution is -1.99. The Hall–Kier alpha value is -1.91. The van der Waals surface area contributed by atoms with Crippen LogP contribution in [0, 0.1) is 5.82 Å². The first-order chi connectivity index (χ1) is 7.79. The summed E-state index contributed by atoms with van der Waals surface area (Å²) in [7, 11) is 0. The zero-order valence-electron chi connectivity index (χ0n) is 8.90. The van der Waals surface area contributed by atoms with E-state index in [1.54, 1.807) is 12.1 Å². The summed E-state index contributed by atoms with van der Waals surface area (Å²) < 4.78 is 17.9. The average Bonchev–Trinajstić information content (AvgIpc) is 2.75. The summed E-state index contributed by atoms with van der Waals surface area (Å²) in [6.07, 6.45) is 0.970. The van der Waals surface area contributed by atoms with Crippen LogP contribution in [0.5, 0.6) is 0 Å². The highest BCUT2D eigenvalue weighted by Crippen LogP contribution is 2.18. The van der Waals surface area contributed by atoms with Gasteiger partial charge in [-0.2, -0.15) is 4.98 Å². The van der Waals surface area contributed by atoms with E-state index in [0.29, 0.717) is 17.4 Å². The first-order valence-corrected chi connectivity index (χ1v) is 5.13. The quantitative estimate of drug-likeness (QED) is 0.862. The van der Waals surface area contributed by atoms with Gasteiger partial charge in [0.05, 0.1) is 0 Å². The topological polar surface area (TPSA) is 51.0 Å². The van der Waals surface area contributed by atoms with Crippen molar-refractivity contribution in [2.24, 2.45) is 0 Å². The van der Waals surface area contributed by atoms with Crippen LogP contribution >= 0.6 is 0 Å². The molecular weight excluding hydrogens is 209 g/mol. The fourth-order valence-electron chi connectivity index (χ4n) is 1.27. The standard InChI is InChI=1S/C11H12FN3O/c1-2-6-13-11-14-10(15-16-11)8-4-3-5-9(12)7-8/h3-5,7H,2,6H2,1H3,(H,13,14,15). The molecule has 1 N–H and O–H groups in total. The first kappa shape index (κ1) is 10.6. The van der Waals surface area contributed by atoms with E-state index < -0.39 is 0 Å². The number of nitrogens with zero attached hydrogens (tertiary/aromatic N) is 2. The molecule has 0 amide bonds. The summed E-state index contributed by atoms with van der Waals surface area (Å²) >= 11 is 0. The van der Waals surface area contributed by atoms with Gasteiger partial charge >= 0.3 is 6.01 Å². The highest BCUT2D eigenvalue weighted by atomic mass is 19.1. The normalized spacial score (nSPS) is 10.4. The lowest BCUT2D eigenvalue weighted by atomic mass is 10.2. The predicted molar refractivity (Wildman–Crippen MR) is 58.5 cm³/mol. The third-order valence-corrected chi connectivity index (χ3v) is 2.04. The Morgan fingerprint density at radius 1 is 1.44 bits per heavy atom. The van der Waals surface area contributed by atoms with E-state index in [1.165, 1.54) is 12.1 Å². The fourth-order valence-corrected chi connectivity index (χ4v) is 1.27. The predicted octanol–water partition coefficient (Wildman–Crippen LogP) is 2.70. The summed E-state index contributed by atoms with van der Waals surface area (Å²) in [5.74, 6) is 0.0727. The van der Waals surface area contributed by atoms with Crippen LogP contribution in [0.2, 0.25) is 0 Å². The number of hydrogen-bond donors (Lipinski definition) is 1. The van der Waals surface area contributed by atoms with Crippen molar-refractivity contribution in [3.63, 3.8) is 0 Å². The van der Waals surface area contributed by atoms with Gasteiger partial charge in [-0.3, -0.25) is 0 Å². The summed E-state index contributed by atoms with van der Waals surface area (Å²) in [5.41, 5.74) is 0.605. The van der Waals surface area contributed by atoms with Crippen LogP contribution in [0.25, 0.3) is 11.4 Å². The molecule has 0 unspecified atom stereocenters. The number of benzene rings is 1. The minimum absolute atomic E-state index is 0.314. The van der Waals surface area contributed by atoms with Crippen molar-refractivity contribution >= 4 is 6.01 Å². The molecule has 5 heteroatoms. The molecule has 0 aliphatic carbocycles. The van der Waals surface area contributed by atoms with Gasteiger partial charge in [0, 0.05) is 12.1 Å². The smallest absolute Gasteiger partial charge is 0.321 e. The van der Waals surface area contributed by atoms with Gasteiger partial charge in [-0.05, 0) is 18.6 Å². The Balaban J connectivity index is 2.18. The maximum atomic E-state index is 13.0. The number of aromatic nitrogens is 2. The largest absolute Gasteiger partial charge is 0.338 e. The van der Waals surface area contributed by atoms with E-state index in [2.05, 4.69) is 15.5 Å². The average molecular weight is 221 g/mol. The number of rotatable bonds is 4. The number of hydrogen-bond acceptors (Lipinski definition) is 4. The third-order valence-electron chi connectivity index (χ3n) is 2.04. The monoisotopic (exact) mass is 221 g/mol. The van der Waals surface area contributed by atoms with Crippen molar-refractivity contribution in [2.45, 2.75) is 13.3 Å². The van der Waals surface area contributed by atoms with Crippen molar-refractivity contribution < 1.29 is 8.91 Å². The molecule has 0 aliphatic heterocycles. The van der Waals surface area contributed by atoms with Crippen molar-refractivity contribution in [3.8, 4) is 11.4 Å². The van der Waals surface area contributed by atoms with E-state index >= 15 is 0 Å². The Labute approximate surface area is 92.5 Å². The molecule has 84 valence electrons. The summed E-state index contributed by atoms with van der Waals surface area (Å²) in [5, 5.41) is 6.73. The second-order valence-electron chi connectivity index (χ2n) is 3.36. The van der Waals surface area contributed by atoms with Crippen LogP contribution in [0.3, 0.4) is 0 Å². The van der Waals surface area contributed by atoms with Gasteiger partial charge in [0.25, 0.3) is 0 Å². The first-order valence-electron chi connectivity index (χ1n) is 5.13. The van der Waals surface area contributed by atoms with E-state index in [9.17, 15) is 4.39 Å². The fraction of sp³-hybridized carbons (Fsp3) is 0.273. The molecule has 1 heterocycles. The van der Waals surface area contributed by atoms with Crippen LogP contribution in [0.1, 0.15) is 13.3 Å². The van der Waals surface area contributed by atoms with Gasteiger partial charge in [0.2, 0.25) is 5.82 Å². The van der Waals surface area contributed by atoms with E-state index in [0.717, 1.165) is 13.0 Å². The number of anilines is 1. The Morgan fingerprint density at radius 3 is 3.06 bits per heavy atom. The maximum absolute atomic E-state index is 13.0. The zero-order chi connectivity index (χ0) is 11.4. The Bertz CT molecular complexity index is 470. The molecule has 0 spiro atoms. The summed E-state index contributed by atoms with van der Waals surface area (Å²) in [6.45, 7) is 2.81. The van der Waals surface area contributed by atoms with Crippen molar-refractivity contribution in [1.29, 1.82) is 0 Å². The molecule has 0 radical (unpaired) electrons. The molecule has 0 saturated carbocycles. The van der Waals surface area contributed by atoms with Crippen LogP contribution in [-0.4, -0.2) is 16.7 Å². The number of nitrogens with one attached hydrogen (secondary N) is 1. The highest BCUT2D eigenvalue weighted by molar-refractivity contribution is 5.55. The van der Waals surface area contributed by atoms with Crippen LogP contribution in [0.4, 0.5) is 10.4 Å². The van der Waals surface area contributed by atoms with Crippen molar-refractivity contribution in [2.75, 3.05) is 11.9 Å². The SMILES string of the molecule is CCCNc1nc(-c2cccc(F)c2)no1. The van der Waals surface area contributed by atoms with Gasteiger partial charge < -0.3 is 9.84 Å². The molecule has 2 rings (SSSR count). The van der Waals surface area contributed by atoms with E-state index in [-0.39, 0.29) is 5.82 Å². The Morgan fingerprint density at radius 2 is 2.31 bits per heavy atom. The maximum Gasteiger partial charge on any atom is 0.321 e.